The first kappa shape index (κ1) is 23.7. The summed E-state index contributed by atoms with van der Waals surface area (Å²) in [4.78, 5) is 21.9. The lowest BCUT2D eigenvalue weighted by atomic mass is 10.2. The number of primary sulfonamides is 1. The van der Waals surface area contributed by atoms with E-state index in [1.165, 1.54) is 16.6 Å². The first-order chi connectivity index (χ1) is 17.8. The summed E-state index contributed by atoms with van der Waals surface area (Å²) in [5, 5.41) is 9.68. The standard InChI is InChI=1S/C23H24N8O4S2/c24-22-26-21-20(18-14-17(27-31(18)22)19-2-1-13-35-19)36-23(32)30(21)12-9-28-7-10-29(11-8-28)15-3-5-16(6-4-15)37(25,33)34/h1-6,13-14H,7-12H2,(H2,24,26)(H2,25,33,34). The monoisotopic (exact) mass is 540 g/mol. The molecule has 0 atom stereocenters. The fraction of sp³-hybridized carbons (Fsp3) is 0.261. The topological polar surface area (TPSA) is 158 Å². The van der Waals surface area contributed by atoms with E-state index in [2.05, 4.69) is 19.9 Å². The fourth-order valence-electron chi connectivity index (χ4n) is 4.61. The number of hydrogen-bond donors (Lipinski definition) is 2. The predicted molar refractivity (Wildman–Crippen MR) is 141 cm³/mol. The van der Waals surface area contributed by atoms with Gasteiger partial charge in [0.15, 0.2) is 11.4 Å². The molecule has 192 valence electrons. The van der Waals surface area contributed by atoms with Crippen molar-refractivity contribution in [2.75, 3.05) is 43.4 Å². The van der Waals surface area contributed by atoms with Crippen LogP contribution in [0.3, 0.4) is 0 Å². The summed E-state index contributed by atoms with van der Waals surface area (Å²) in [5.74, 6) is 0.816. The highest BCUT2D eigenvalue weighted by molar-refractivity contribution is 7.89. The van der Waals surface area contributed by atoms with E-state index in [1.807, 2.05) is 12.1 Å². The van der Waals surface area contributed by atoms with Gasteiger partial charge < -0.3 is 15.1 Å². The van der Waals surface area contributed by atoms with Crippen LogP contribution in [0.1, 0.15) is 0 Å². The highest BCUT2D eigenvalue weighted by Crippen LogP contribution is 2.28. The van der Waals surface area contributed by atoms with Gasteiger partial charge in [0.05, 0.1) is 16.7 Å². The Hall–Kier alpha value is -3.72. The molecule has 1 aliphatic heterocycles. The Morgan fingerprint density at radius 2 is 1.81 bits per heavy atom. The molecule has 0 bridgehead atoms. The highest BCUT2D eigenvalue weighted by atomic mass is 32.2. The number of thiazole rings is 1. The third kappa shape index (κ3) is 4.37. The van der Waals surface area contributed by atoms with Crippen LogP contribution in [-0.2, 0) is 16.6 Å². The van der Waals surface area contributed by atoms with Gasteiger partial charge in [0.25, 0.3) is 0 Å². The van der Waals surface area contributed by atoms with Crippen LogP contribution in [0.2, 0.25) is 0 Å². The second kappa shape index (κ2) is 8.99. The highest BCUT2D eigenvalue weighted by Gasteiger charge is 2.21. The summed E-state index contributed by atoms with van der Waals surface area (Å²) in [5.41, 5.74) is 9.05. The third-order valence-corrected chi connectivity index (χ3v) is 8.48. The molecule has 1 fully saturated rings. The molecule has 37 heavy (non-hydrogen) atoms. The number of aromatic nitrogens is 4. The number of piperazine rings is 1. The zero-order valence-electron chi connectivity index (χ0n) is 19.6. The molecule has 0 radical (unpaired) electrons. The maximum absolute atomic E-state index is 12.9. The minimum atomic E-state index is -3.71. The molecule has 0 saturated carbocycles. The fourth-order valence-corrected chi connectivity index (χ4v) is 6.08. The smallest absolute Gasteiger partial charge is 0.309 e. The van der Waals surface area contributed by atoms with E-state index in [-0.39, 0.29) is 15.7 Å². The molecule has 5 aromatic rings. The number of nitrogens with zero attached hydrogens (tertiary/aromatic N) is 6. The summed E-state index contributed by atoms with van der Waals surface area (Å²) >= 11 is 1.13. The number of anilines is 2. The van der Waals surface area contributed by atoms with Gasteiger partial charge in [-0.1, -0.05) is 11.3 Å². The maximum atomic E-state index is 12.9. The van der Waals surface area contributed by atoms with Crippen LogP contribution >= 0.6 is 11.3 Å². The average molecular weight is 541 g/mol. The van der Waals surface area contributed by atoms with E-state index in [0.29, 0.717) is 30.2 Å². The lowest BCUT2D eigenvalue weighted by molar-refractivity contribution is 0.248. The molecule has 14 heteroatoms. The molecule has 1 saturated heterocycles. The van der Waals surface area contributed by atoms with Crippen molar-refractivity contribution in [3.8, 4) is 11.5 Å². The van der Waals surface area contributed by atoms with E-state index in [0.717, 1.165) is 53.4 Å². The molecular weight excluding hydrogens is 516 g/mol. The van der Waals surface area contributed by atoms with Crippen LogP contribution in [0.25, 0.3) is 27.3 Å². The summed E-state index contributed by atoms with van der Waals surface area (Å²) in [6, 6.07) is 12.1. The van der Waals surface area contributed by atoms with Gasteiger partial charge in [0, 0.05) is 45.0 Å². The first-order valence-corrected chi connectivity index (χ1v) is 14.0. The lowest BCUT2D eigenvalue weighted by Gasteiger charge is -2.36. The van der Waals surface area contributed by atoms with E-state index < -0.39 is 10.0 Å². The van der Waals surface area contributed by atoms with Crippen LogP contribution in [-0.4, -0.2) is 65.2 Å². The van der Waals surface area contributed by atoms with Gasteiger partial charge >= 0.3 is 4.87 Å². The van der Waals surface area contributed by atoms with E-state index in [9.17, 15) is 13.2 Å². The van der Waals surface area contributed by atoms with Crippen LogP contribution in [0.15, 0.2) is 62.8 Å². The second-order valence-corrected chi connectivity index (χ2v) is 11.3. The Balaban J connectivity index is 1.17. The summed E-state index contributed by atoms with van der Waals surface area (Å²) in [6.45, 7) is 4.36. The Morgan fingerprint density at radius 1 is 1.05 bits per heavy atom. The maximum Gasteiger partial charge on any atom is 0.309 e. The number of nitrogen functional groups attached to an aromatic ring is 1. The van der Waals surface area contributed by atoms with Crippen LogP contribution in [0.5, 0.6) is 0 Å². The quantitative estimate of drug-likeness (QED) is 0.325. The predicted octanol–water partition coefficient (Wildman–Crippen LogP) is 1.42. The van der Waals surface area contributed by atoms with Crippen LogP contribution < -0.4 is 20.6 Å². The number of nitrogens with two attached hydrogens (primary N) is 2. The van der Waals surface area contributed by atoms with Crippen molar-refractivity contribution >= 4 is 48.9 Å². The molecule has 5 heterocycles. The minimum absolute atomic E-state index is 0.0932. The van der Waals surface area contributed by atoms with Crippen molar-refractivity contribution in [3.63, 3.8) is 0 Å². The van der Waals surface area contributed by atoms with Crippen LogP contribution in [0.4, 0.5) is 11.6 Å². The molecule has 0 spiro atoms. The zero-order chi connectivity index (χ0) is 25.7. The van der Waals surface area contributed by atoms with E-state index >= 15 is 0 Å². The van der Waals surface area contributed by atoms with Gasteiger partial charge in [-0.25, -0.2) is 13.6 Å². The Morgan fingerprint density at radius 3 is 2.49 bits per heavy atom. The zero-order valence-corrected chi connectivity index (χ0v) is 21.3. The largest absolute Gasteiger partial charge is 0.463 e. The molecule has 0 amide bonds. The number of sulfonamides is 1. The van der Waals surface area contributed by atoms with Gasteiger partial charge in [-0.15, -0.1) is 0 Å². The number of furan rings is 1. The minimum Gasteiger partial charge on any atom is -0.463 e. The molecule has 0 unspecified atom stereocenters. The summed E-state index contributed by atoms with van der Waals surface area (Å²) in [7, 11) is -3.71. The van der Waals surface area contributed by atoms with Gasteiger partial charge in [0.2, 0.25) is 16.0 Å². The Bertz CT molecular complexity index is 1750. The van der Waals surface area contributed by atoms with Crippen molar-refractivity contribution < 1.29 is 12.8 Å². The van der Waals surface area contributed by atoms with Crippen molar-refractivity contribution in [1.29, 1.82) is 0 Å². The molecular formula is C23H24N8O4S2. The molecule has 1 aliphatic rings. The number of hydrogen-bond acceptors (Lipinski definition) is 10. The molecule has 1 aromatic carbocycles. The number of fused-ring (bicyclic) bond motifs is 3. The van der Waals surface area contributed by atoms with Crippen molar-refractivity contribution in [2.24, 2.45) is 5.14 Å². The molecule has 0 aliphatic carbocycles. The van der Waals surface area contributed by atoms with Gasteiger partial charge in [-0.3, -0.25) is 14.3 Å². The third-order valence-electron chi connectivity index (χ3n) is 6.56. The average Bonchev–Trinajstić information content (AvgIpc) is 3.62. The number of rotatable bonds is 6. The van der Waals surface area contributed by atoms with Crippen molar-refractivity contribution in [2.45, 2.75) is 11.4 Å². The van der Waals surface area contributed by atoms with E-state index in [4.69, 9.17) is 15.3 Å². The SMILES string of the molecule is Nc1nc2c(sc(=O)n2CCN2CCN(c3ccc(S(N)(=O)=O)cc3)CC2)c2cc(-c3ccco3)nn12. The van der Waals surface area contributed by atoms with Gasteiger partial charge in [-0.05, 0) is 42.5 Å². The normalized spacial score (nSPS) is 15.2. The second-order valence-electron chi connectivity index (χ2n) is 8.81. The Kier molecular flexibility index (Phi) is 5.75. The molecule has 4 N–H and O–H groups in total. The first-order valence-electron chi connectivity index (χ1n) is 11.6. The van der Waals surface area contributed by atoms with Crippen LogP contribution in [0, 0.1) is 0 Å². The van der Waals surface area contributed by atoms with Crippen molar-refractivity contribution in [3.05, 3.63) is 58.4 Å². The molecule has 4 aromatic heterocycles. The lowest BCUT2D eigenvalue weighted by Crippen LogP contribution is -2.47. The van der Waals surface area contributed by atoms with E-state index in [1.54, 1.807) is 29.0 Å². The van der Waals surface area contributed by atoms with Crippen molar-refractivity contribution in [1.82, 2.24) is 24.1 Å². The molecule has 12 nitrogen and oxygen atoms in total. The molecule has 6 rings (SSSR count). The van der Waals surface area contributed by atoms with Gasteiger partial charge in [0.1, 0.15) is 10.4 Å². The van der Waals surface area contributed by atoms with Gasteiger partial charge in [-0.2, -0.15) is 14.6 Å². The Labute approximate surface area is 215 Å². The summed E-state index contributed by atoms with van der Waals surface area (Å²) in [6.07, 6.45) is 1.58. The number of benzene rings is 1. The summed E-state index contributed by atoms with van der Waals surface area (Å²) < 4.78 is 32.4.